The van der Waals surface area contributed by atoms with Crippen LogP contribution in [0.5, 0.6) is 0 Å². The lowest BCUT2D eigenvalue weighted by Gasteiger charge is -2.30. The van der Waals surface area contributed by atoms with Crippen LogP contribution < -0.4 is 5.32 Å². The molecule has 0 saturated carbocycles. The first-order chi connectivity index (χ1) is 8.55. The van der Waals surface area contributed by atoms with Gasteiger partial charge in [0.2, 0.25) is 5.91 Å². The zero-order chi connectivity index (χ0) is 15.0. The van der Waals surface area contributed by atoms with Gasteiger partial charge in [0.05, 0.1) is 18.2 Å². The predicted octanol–water partition coefficient (Wildman–Crippen LogP) is 2.47. The smallest absolute Gasteiger partial charge is 0.319 e. The number of nitrogens with one attached hydrogen (secondary N) is 1. The quantitative estimate of drug-likeness (QED) is 0.787. The molecule has 3 nitrogen and oxygen atoms in total. The molecule has 0 aromatic rings. The van der Waals surface area contributed by atoms with Gasteiger partial charge in [-0.15, -0.1) is 0 Å². The highest BCUT2D eigenvalue weighted by Crippen LogP contribution is 2.32. The Kier molecular flexibility index (Phi) is 4.49. The van der Waals surface area contributed by atoms with Gasteiger partial charge in [-0.3, -0.25) is 10.1 Å². The number of hydrogen-bond acceptors (Lipinski definition) is 2. The molecule has 1 N–H and O–H groups in total. The van der Waals surface area contributed by atoms with Crippen molar-refractivity contribution in [2.75, 3.05) is 6.54 Å². The van der Waals surface area contributed by atoms with Gasteiger partial charge < -0.3 is 4.90 Å². The van der Waals surface area contributed by atoms with Crippen molar-refractivity contribution in [3.05, 3.63) is 0 Å². The minimum atomic E-state index is -4.19. The van der Waals surface area contributed by atoms with E-state index in [4.69, 9.17) is 0 Å². The van der Waals surface area contributed by atoms with E-state index in [1.54, 1.807) is 27.7 Å². The molecule has 0 spiro atoms. The Morgan fingerprint density at radius 1 is 1.42 bits per heavy atom. The van der Waals surface area contributed by atoms with Crippen LogP contribution in [-0.4, -0.2) is 41.4 Å². The third-order valence-electron chi connectivity index (χ3n) is 3.57. The summed E-state index contributed by atoms with van der Waals surface area (Å²) in [5.41, 5.74) is -0.965. The lowest BCUT2D eigenvalue weighted by atomic mass is 9.99. The zero-order valence-electron chi connectivity index (χ0n) is 11.5. The molecule has 1 fully saturated rings. The Hall–Kier alpha value is -0.850. The van der Waals surface area contributed by atoms with E-state index in [1.807, 2.05) is 0 Å². The van der Waals surface area contributed by atoms with E-state index >= 15 is 0 Å². The maximum Gasteiger partial charge on any atom is 0.324 e. The lowest BCUT2D eigenvalue weighted by molar-refractivity contribution is -0.159. The zero-order valence-corrected chi connectivity index (χ0v) is 11.5. The number of amides is 1. The Morgan fingerprint density at radius 2 is 1.95 bits per heavy atom. The van der Waals surface area contributed by atoms with Crippen LogP contribution in [0, 0.1) is 5.92 Å². The standard InChI is InChI=1S/C12H20F4N2O/c1-5-11(4)10(19)18(8(17-11)7(2)3)6-12(15,16)9(13)14/h7-9,17H,5-6H2,1-4H3. The number of halogens is 4. The van der Waals surface area contributed by atoms with Gasteiger partial charge in [-0.05, 0) is 19.3 Å². The predicted molar refractivity (Wildman–Crippen MR) is 63.1 cm³/mol. The van der Waals surface area contributed by atoms with Crippen molar-refractivity contribution in [2.45, 2.75) is 58.2 Å². The van der Waals surface area contributed by atoms with Gasteiger partial charge >= 0.3 is 12.3 Å². The van der Waals surface area contributed by atoms with Crippen molar-refractivity contribution < 1.29 is 22.4 Å². The third kappa shape index (κ3) is 3.01. The molecule has 0 bridgehead atoms. The second-order valence-corrected chi connectivity index (χ2v) is 5.51. The van der Waals surface area contributed by atoms with Crippen molar-refractivity contribution >= 4 is 5.91 Å². The van der Waals surface area contributed by atoms with E-state index in [2.05, 4.69) is 5.32 Å². The highest BCUT2D eigenvalue weighted by molar-refractivity contribution is 5.88. The number of carbonyl (C=O) groups excluding carboxylic acids is 1. The molecule has 1 aliphatic rings. The van der Waals surface area contributed by atoms with Crippen molar-refractivity contribution in [2.24, 2.45) is 5.92 Å². The average Bonchev–Trinajstić information content (AvgIpc) is 2.54. The molecule has 2 unspecified atom stereocenters. The first-order valence-corrected chi connectivity index (χ1v) is 6.30. The van der Waals surface area contributed by atoms with Gasteiger partial charge in [0.1, 0.15) is 0 Å². The Bertz CT molecular complexity index is 349. The molecule has 19 heavy (non-hydrogen) atoms. The molecule has 1 heterocycles. The summed E-state index contributed by atoms with van der Waals surface area (Å²) in [5, 5.41) is 2.98. The van der Waals surface area contributed by atoms with Crippen LogP contribution in [0.2, 0.25) is 0 Å². The molecule has 1 rings (SSSR count). The van der Waals surface area contributed by atoms with E-state index in [0.29, 0.717) is 6.42 Å². The number of carbonyl (C=O) groups is 1. The van der Waals surface area contributed by atoms with Gasteiger partial charge in [0.15, 0.2) is 0 Å². The fraction of sp³-hybridized carbons (Fsp3) is 0.917. The molecule has 1 aliphatic heterocycles. The summed E-state index contributed by atoms with van der Waals surface area (Å²) in [4.78, 5) is 13.0. The number of nitrogens with zero attached hydrogens (tertiary/aromatic N) is 1. The van der Waals surface area contributed by atoms with E-state index in [1.165, 1.54) is 0 Å². The van der Waals surface area contributed by atoms with E-state index < -0.39 is 36.5 Å². The molecule has 0 radical (unpaired) electrons. The first-order valence-electron chi connectivity index (χ1n) is 6.30. The van der Waals surface area contributed by atoms with Gasteiger partial charge in [-0.2, -0.15) is 8.78 Å². The largest absolute Gasteiger partial charge is 0.324 e. The van der Waals surface area contributed by atoms with Crippen LogP contribution in [0.25, 0.3) is 0 Å². The Balaban J connectivity index is 2.99. The van der Waals surface area contributed by atoms with E-state index in [0.717, 1.165) is 4.90 Å². The molecule has 1 saturated heterocycles. The number of rotatable bonds is 5. The molecular formula is C12H20F4N2O. The number of hydrogen-bond donors (Lipinski definition) is 1. The summed E-state index contributed by atoms with van der Waals surface area (Å²) >= 11 is 0. The summed E-state index contributed by atoms with van der Waals surface area (Å²) in [5.74, 6) is -4.89. The van der Waals surface area contributed by atoms with E-state index in [-0.39, 0.29) is 5.92 Å². The van der Waals surface area contributed by atoms with Crippen LogP contribution in [0.4, 0.5) is 17.6 Å². The second-order valence-electron chi connectivity index (χ2n) is 5.51. The van der Waals surface area contributed by atoms with Crippen LogP contribution in [-0.2, 0) is 4.79 Å². The Labute approximate surface area is 110 Å². The summed E-state index contributed by atoms with van der Waals surface area (Å²) in [6, 6.07) is 0. The van der Waals surface area contributed by atoms with Gasteiger partial charge in [0.25, 0.3) is 0 Å². The van der Waals surface area contributed by atoms with Gasteiger partial charge in [0, 0.05) is 0 Å². The van der Waals surface area contributed by atoms with Crippen LogP contribution in [0.1, 0.15) is 34.1 Å². The third-order valence-corrected chi connectivity index (χ3v) is 3.57. The monoisotopic (exact) mass is 284 g/mol. The Morgan fingerprint density at radius 3 is 2.32 bits per heavy atom. The second kappa shape index (κ2) is 5.26. The fourth-order valence-electron chi connectivity index (χ4n) is 2.16. The first kappa shape index (κ1) is 16.2. The normalized spacial score (nSPS) is 28.8. The minimum absolute atomic E-state index is 0.147. The SMILES string of the molecule is CCC1(C)NC(C(C)C)N(CC(F)(F)C(F)F)C1=O. The molecule has 7 heteroatoms. The average molecular weight is 284 g/mol. The fourth-order valence-corrected chi connectivity index (χ4v) is 2.16. The molecule has 0 aromatic carbocycles. The van der Waals surface area contributed by atoms with Crippen molar-refractivity contribution in [3.8, 4) is 0 Å². The highest BCUT2D eigenvalue weighted by atomic mass is 19.3. The van der Waals surface area contributed by atoms with E-state index in [9.17, 15) is 22.4 Å². The molecule has 2 atom stereocenters. The summed E-state index contributed by atoms with van der Waals surface area (Å²) < 4.78 is 51.0. The summed E-state index contributed by atoms with van der Waals surface area (Å²) in [7, 11) is 0. The van der Waals surface area contributed by atoms with Crippen molar-refractivity contribution in [3.63, 3.8) is 0 Å². The van der Waals surface area contributed by atoms with Gasteiger partial charge in [-0.25, -0.2) is 8.78 Å². The maximum atomic E-state index is 13.2. The topological polar surface area (TPSA) is 32.3 Å². The molecule has 1 amide bonds. The van der Waals surface area contributed by atoms with Crippen molar-refractivity contribution in [1.82, 2.24) is 10.2 Å². The van der Waals surface area contributed by atoms with Crippen LogP contribution >= 0.6 is 0 Å². The summed E-state index contributed by atoms with van der Waals surface area (Å²) in [6.07, 6.45) is -4.02. The van der Waals surface area contributed by atoms with Crippen molar-refractivity contribution in [1.29, 1.82) is 0 Å². The van der Waals surface area contributed by atoms with Crippen LogP contribution in [0.3, 0.4) is 0 Å². The van der Waals surface area contributed by atoms with Crippen LogP contribution in [0.15, 0.2) is 0 Å². The molecule has 0 aromatic heterocycles. The molecule has 112 valence electrons. The molecule has 0 aliphatic carbocycles. The number of alkyl halides is 4. The summed E-state index contributed by atoms with van der Waals surface area (Å²) in [6.45, 7) is 5.59. The van der Waals surface area contributed by atoms with Gasteiger partial charge in [-0.1, -0.05) is 20.8 Å². The highest BCUT2D eigenvalue weighted by Gasteiger charge is 2.52. The lowest BCUT2D eigenvalue weighted by Crippen LogP contribution is -2.49. The maximum absolute atomic E-state index is 13.2. The minimum Gasteiger partial charge on any atom is -0.319 e. The molecular weight excluding hydrogens is 264 g/mol.